The molecule has 0 spiro atoms. The van der Waals surface area contributed by atoms with Gasteiger partial charge in [0.2, 0.25) is 0 Å². The maximum absolute atomic E-state index is 6.08. The molecule has 0 saturated heterocycles. The van der Waals surface area contributed by atoms with Crippen LogP contribution in [0.25, 0.3) is 5.65 Å². The van der Waals surface area contributed by atoms with Crippen LogP contribution < -0.4 is 5.73 Å². The molecule has 0 aliphatic rings. The van der Waals surface area contributed by atoms with E-state index in [1.807, 2.05) is 23.5 Å². The molecule has 2 aromatic rings. The number of pyridine rings is 1. The Balaban J connectivity index is 2.58. The molecule has 0 amide bonds. The number of nitrogens with zero attached hydrogens (tertiary/aromatic N) is 2. The van der Waals surface area contributed by atoms with Crippen molar-refractivity contribution in [1.29, 1.82) is 0 Å². The summed E-state index contributed by atoms with van der Waals surface area (Å²) in [4.78, 5) is 4.48. The minimum absolute atomic E-state index is 0.137. The monoisotopic (exact) mass is 219 g/mol. The third kappa shape index (κ3) is 1.81. The van der Waals surface area contributed by atoms with E-state index in [9.17, 15) is 0 Å². The fourth-order valence-corrected chi connectivity index (χ4v) is 1.99. The molecular formula is C12H17N3O. The van der Waals surface area contributed by atoms with E-state index in [-0.39, 0.29) is 6.04 Å². The molecule has 0 aromatic carbocycles. The van der Waals surface area contributed by atoms with Gasteiger partial charge in [0.05, 0.1) is 24.0 Å². The van der Waals surface area contributed by atoms with E-state index in [2.05, 4.69) is 18.1 Å². The van der Waals surface area contributed by atoms with E-state index >= 15 is 0 Å². The normalized spacial score (nSPS) is 13.2. The van der Waals surface area contributed by atoms with Gasteiger partial charge in [0.1, 0.15) is 5.65 Å². The molecular weight excluding hydrogens is 202 g/mol. The van der Waals surface area contributed by atoms with Gasteiger partial charge in [-0.25, -0.2) is 4.98 Å². The molecule has 16 heavy (non-hydrogen) atoms. The fraction of sp³-hybridized carbons (Fsp3) is 0.417. The Kier molecular flexibility index (Phi) is 2.94. The summed E-state index contributed by atoms with van der Waals surface area (Å²) in [6.07, 6.45) is 2.06. The zero-order chi connectivity index (χ0) is 11.7. The first-order chi connectivity index (χ1) is 7.63. The molecule has 86 valence electrons. The van der Waals surface area contributed by atoms with Crippen LogP contribution in [0.4, 0.5) is 0 Å². The largest absolute Gasteiger partial charge is 0.383 e. The first-order valence-corrected chi connectivity index (χ1v) is 5.33. The van der Waals surface area contributed by atoms with Crippen molar-refractivity contribution in [2.75, 3.05) is 13.7 Å². The summed E-state index contributed by atoms with van der Waals surface area (Å²) in [5.74, 6) is 0. The van der Waals surface area contributed by atoms with E-state index in [1.54, 1.807) is 7.11 Å². The van der Waals surface area contributed by atoms with E-state index in [1.165, 1.54) is 5.56 Å². The second-order valence-corrected chi connectivity index (χ2v) is 4.08. The van der Waals surface area contributed by atoms with Crippen LogP contribution >= 0.6 is 0 Å². The van der Waals surface area contributed by atoms with Gasteiger partial charge in [0, 0.05) is 13.3 Å². The molecule has 0 aliphatic carbocycles. The minimum Gasteiger partial charge on any atom is -0.383 e. The van der Waals surface area contributed by atoms with Gasteiger partial charge >= 0.3 is 0 Å². The molecule has 0 bridgehead atoms. The zero-order valence-corrected chi connectivity index (χ0v) is 9.90. The van der Waals surface area contributed by atoms with Gasteiger partial charge in [-0.15, -0.1) is 0 Å². The van der Waals surface area contributed by atoms with Crippen molar-refractivity contribution in [3.05, 3.63) is 35.3 Å². The van der Waals surface area contributed by atoms with E-state index in [4.69, 9.17) is 10.5 Å². The Morgan fingerprint density at radius 1 is 1.44 bits per heavy atom. The molecule has 2 rings (SSSR count). The molecule has 2 N–H and O–H groups in total. The lowest BCUT2D eigenvalue weighted by atomic mass is 10.2. The van der Waals surface area contributed by atoms with Crippen LogP contribution in [-0.2, 0) is 4.74 Å². The quantitative estimate of drug-likeness (QED) is 0.853. The third-order valence-corrected chi connectivity index (χ3v) is 2.68. The molecule has 0 fully saturated rings. The van der Waals surface area contributed by atoms with Gasteiger partial charge in [-0.05, 0) is 25.5 Å². The van der Waals surface area contributed by atoms with Crippen LogP contribution in [0.2, 0.25) is 0 Å². The van der Waals surface area contributed by atoms with E-state index in [0.717, 1.165) is 17.0 Å². The Bertz CT molecular complexity index is 504. The van der Waals surface area contributed by atoms with Crippen molar-refractivity contribution in [3.8, 4) is 0 Å². The Morgan fingerprint density at radius 3 is 2.88 bits per heavy atom. The fourth-order valence-electron chi connectivity index (χ4n) is 1.99. The van der Waals surface area contributed by atoms with Crippen LogP contribution in [0.15, 0.2) is 18.3 Å². The summed E-state index contributed by atoms with van der Waals surface area (Å²) in [7, 11) is 1.66. The van der Waals surface area contributed by atoms with Gasteiger partial charge < -0.3 is 14.9 Å². The summed E-state index contributed by atoms with van der Waals surface area (Å²) in [5.41, 5.74) is 10.2. The van der Waals surface area contributed by atoms with Crippen molar-refractivity contribution in [3.63, 3.8) is 0 Å². The number of ether oxygens (including phenoxy) is 1. The van der Waals surface area contributed by atoms with Crippen LogP contribution in [0.3, 0.4) is 0 Å². The van der Waals surface area contributed by atoms with E-state index < -0.39 is 0 Å². The van der Waals surface area contributed by atoms with Gasteiger partial charge in [0.15, 0.2) is 0 Å². The number of nitrogens with two attached hydrogens (primary N) is 1. The van der Waals surface area contributed by atoms with Crippen molar-refractivity contribution in [2.24, 2.45) is 5.73 Å². The van der Waals surface area contributed by atoms with Crippen LogP contribution in [0.5, 0.6) is 0 Å². The average Bonchev–Trinajstić information content (AvgIpc) is 2.53. The number of methoxy groups -OCH3 is 1. The SMILES string of the molecule is COCC(N)c1c(C)nc2ccc(C)cn12. The first-order valence-electron chi connectivity index (χ1n) is 5.33. The second kappa shape index (κ2) is 4.23. The molecule has 0 radical (unpaired) electrons. The summed E-state index contributed by atoms with van der Waals surface area (Å²) in [6, 6.07) is 3.92. The van der Waals surface area contributed by atoms with Crippen LogP contribution in [-0.4, -0.2) is 23.1 Å². The molecule has 0 aliphatic heterocycles. The number of hydrogen-bond acceptors (Lipinski definition) is 3. The van der Waals surface area contributed by atoms with Crippen molar-refractivity contribution in [2.45, 2.75) is 19.9 Å². The van der Waals surface area contributed by atoms with Gasteiger partial charge in [0.25, 0.3) is 0 Å². The maximum atomic E-state index is 6.08. The highest BCUT2D eigenvalue weighted by Gasteiger charge is 2.15. The highest BCUT2D eigenvalue weighted by atomic mass is 16.5. The Hall–Kier alpha value is -1.39. The number of fused-ring (bicyclic) bond motifs is 1. The lowest BCUT2D eigenvalue weighted by Crippen LogP contribution is -2.19. The van der Waals surface area contributed by atoms with Gasteiger partial charge in [-0.1, -0.05) is 6.07 Å². The Labute approximate surface area is 95.0 Å². The highest BCUT2D eigenvalue weighted by Crippen LogP contribution is 2.18. The first kappa shape index (κ1) is 11.1. The zero-order valence-electron chi connectivity index (χ0n) is 9.90. The number of hydrogen-bond donors (Lipinski definition) is 1. The lowest BCUT2D eigenvalue weighted by molar-refractivity contribution is 0.179. The van der Waals surface area contributed by atoms with Crippen LogP contribution in [0.1, 0.15) is 23.0 Å². The molecule has 1 atom stereocenters. The molecule has 1 unspecified atom stereocenters. The summed E-state index contributed by atoms with van der Waals surface area (Å²) >= 11 is 0. The standard InChI is InChI=1S/C12H17N3O/c1-8-4-5-11-14-9(2)12(15(11)6-8)10(13)7-16-3/h4-6,10H,7,13H2,1-3H3. The topological polar surface area (TPSA) is 52.5 Å². The van der Waals surface area contributed by atoms with Gasteiger partial charge in [-0.3, -0.25) is 0 Å². The molecule has 2 aromatic heterocycles. The van der Waals surface area contributed by atoms with Crippen LogP contribution in [0, 0.1) is 13.8 Å². The summed E-state index contributed by atoms with van der Waals surface area (Å²) < 4.78 is 7.15. The number of rotatable bonds is 3. The van der Waals surface area contributed by atoms with E-state index in [0.29, 0.717) is 6.61 Å². The third-order valence-electron chi connectivity index (χ3n) is 2.68. The maximum Gasteiger partial charge on any atom is 0.137 e. The number of aryl methyl sites for hydroxylation is 2. The van der Waals surface area contributed by atoms with Crippen molar-refractivity contribution < 1.29 is 4.74 Å². The predicted molar refractivity (Wildman–Crippen MR) is 63.5 cm³/mol. The van der Waals surface area contributed by atoms with Gasteiger partial charge in [-0.2, -0.15) is 0 Å². The lowest BCUT2D eigenvalue weighted by Gasteiger charge is -2.11. The minimum atomic E-state index is -0.137. The van der Waals surface area contributed by atoms with Crippen molar-refractivity contribution in [1.82, 2.24) is 9.38 Å². The number of imidazole rings is 1. The average molecular weight is 219 g/mol. The number of aromatic nitrogens is 2. The summed E-state index contributed by atoms with van der Waals surface area (Å²) in [5, 5.41) is 0. The second-order valence-electron chi connectivity index (χ2n) is 4.08. The smallest absolute Gasteiger partial charge is 0.137 e. The predicted octanol–water partition coefficient (Wildman–Crippen LogP) is 1.60. The molecule has 0 saturated carbocycles. The molecule has 4 heteroatoms. The Morgan fingerprint density at radius 2 is 2.19 bits per heavy atom. The summed E-state index contributed by atoms with van der Waals surface area (Å²) in [6.45, 7) is 4.54. The van der Waals surface area contributed by atoms with Crippen molar-refractivity contribution >= 4 is 5.65 Å². The molecule has 2 heterocycles. The molecule has 4 nitrogen and oxygen atoms in total. The highest BCUT2D eigenvalue weighted by molar-refractivity contribution is 5.45.